The molecule has 2 amide bonds. The highest BCUT2D eigenvalue weighted by atomic mass is 16.6. The van der Waals surface area contributed by atoms with Gasteiger partial charge in [0.1, 0.15) is 5.82 Å². The zero-order valence-electron chi connectivity index (χ0n) is 17.3. The van der Waals surface area contributed by atoms with Crippen LogP contribution in [0.15, 0.2) is 42.6 Å². The van der Waals surface area contributed by atoms with Crippen LogP contribution in [0, 0.1) is 0 Å². The molecule has 0 saturated heterocycles. The number of carbonyl (C=O) groups excluding carboxylic acids is 2. The summed E-state index contributed by atoms with van der Waals surface area (Å²) in [4.78, 5) is 29.4. The number of imidazole rings is 1. The zero-order valence-corrected chi connectivity index (χ0v) is 17.3. The maximum absolute atomic E-state index is 12.1. The van der Waals surface area contributed by atoms with Crippen molar-refractivity contribution in [3.63, 3.8) is 0 Å². The highest BCUT2D eigenvalue weighted by Crippen LogP contribution is 2.21. The summed E-state index contributed by atoms with van der Waals surface area (Å²) in [6.07, 6.45) is 1.40. The molecule has 0 fully saturated rings. The number of anilines is 1. The molecule has 30 heavy (non-hydrogen) atoms. The molecular weight excluding hydrogens is 384 g/mol. The standard InChI is InChI=1S/C21H26N6O3/c1-4-30-21(29)26(14(2)3)12-11-23-18-9-10-19-24-13-17(27(19)25-18)15-5-7-16(8-6-15)20(22)28/h5-10,13-14H,4,11-12H2,1-3H3,(H2,22,28)(H,23,25). The van der Waals surface area contributed by atoms with E-state index in [0.29, 0.717) is 36.7 Å². The lowest BCUT2D eigenvalue weighted by Crippen LogP contribution is -2.40. The quantitative estimate of drug-likeness (QED) is 0.590. The number of hydrogen-bond donors (Lipinski definition) is 2. The molecular formula is C21H26N6O3. The van der Waals surface area contributed by atoms with Crippen molar-refractivity contribution >= 4 is 23.5 Å². The predicted octanol–water partition coefficient (Wildman–Crippen LogP) is 2.77. The molecule has 0 spiro atoms. The van der Waals surface area contributed by atoms with Crippen molar-refractivity contribution in [2.24, 2.45) is 5.73 Å². The number of benzene rings is 1. The second kappa shape index (κ2) is 9.25. The Balaban J connectivity index is 1.74. The van der Waals surface area contributed by atoms with Crippen molar-refractivity contribution in [2.75, 3.05) is 25.0 Å². The number of nitrogens with two attached hydrogens (primary N) is 1. The van der Waals surface area contributed by atoms with Crippen molar-refractivity contribution in [1.29, 1.82) is 0 Å². The third kappa shape index (κ3) is 4.68. The summed E-state index contributed by atoms with van der Waals surface area (Å²) in [5.74, 6) is 0.186. The predicted molar refractivity (Wildman–Crippen MR) is 114 cm³/mol. The minimum absolute atomic E-state index is 0.0323. The Bertz CT molecular complexity index is 1030. The van der Waals surface area contributed by atoms with Crippen molar-refractivity contribution in [3.05, 3.63) is 48.2 Å². The summed E-state index contributed by atoms with van der Waals surface area (Å²) < 4.78 is 6.83. The molecule has 0 aliphatic carbocycles. The smallest absolute Gasteiger partial charge is 0.410 e. The second-order valence-electron chi connectivity index (χ2n) is 6.99. The molecule has 0 saturated carbocycles. The van der Waals surface area contributed by atoms with Gasteiger partial charge in [-0.05, 0) is 45.0 Å². The number of aromatic nitrogens is 3. The number of carbonyl (C=O) groups is 2. The van der Waals surface area contributed by atoms with Gasteiger partial charge in [0.15, 0.2) is 5.65 Å². The van der Waals surface area contributed by atoms with Gasteiger partial charge in [-0.25, -0.2) is 14.3 Å². The maximum atomic E-state index is 12.1. The molecule has 3 aromatic rings. The summed E-state index contributed by atoms with van der Waals surface area (Å²) in [6.45, 7) is 7.04. The van der Waals surface area contributed by atoms with Crippen molar-refractivity contribution in [3.8, 4) is 11.3 Å². The number of primary amides is 1. The van der Waals surface area contributed by atoms with Crippen LogP contribution in [0.4, 0.5) is 10.6 Å². The number of rotatable bonds is 8. The first-order valence-corrected chi connectivity index (χ1v) is 9.83. The average Bonchev–Trinajstić information content (AvgIpc) is 3.14. The van der Waals surface area contributed by atoms with Gasteiger partial charge in [0, 0.05) is 30.3 Å². The van der Waals surface area contributed by atoms with Crippen LogP contribution in [0.5, 0.6) is 0 Å². The Morgan fingerprint density at radius 1 is 1.20 bits per heavy atom. The molecule has 1 aromatic carbocycles. The highest BCUT2D eigenvalue weighted by Gasteiger charge is 2.17. The van der Waals surface area contributed by atoms with Gasteiger partial charge in [0.25, 0.3) is 0 Å². The van der Waals surface area contributed by atoms with Gasteiger partial charge in [-0.3, -0.25) is 4.79 Å². The molecule has 0 aliphatic rings. The molecule has 2 aromatic heterocycles. The Morgan fingerprint density at radius 2 is 1.93 bits per heavy atom. The minimum atomic E-state index is -0.470. The van der Waals surface area contributed by atoms with Crippen LogP contribution < -0.4 is 11.1 Å². The van der Waals surface area contributed by atoms with E-state index in [2.05, 4.69) is 15.4 Å². The molecule has 0 aliphatic heterocycles. The minimum Gasteiger partial charge on any atom is -0.450 e. The fourth-order valence-electron chi connectivity index (χ4n) is 3.04. The number of fused-ring (bicyclic) bond motifs is 1. The van der Waals surface area contributed by atoms with Crippen LogP contribution in [-0.4, -0.2) is 57.2 Å². The first-order valence-electron chi connectivity index (χ1n) is 9.83. The lowest BCUT2D eigenvalue weighted by Gasteiger charge is -2.25. The lowest BCUT2D eigenvalue weighted by molar-refractivity contribution is 0.0975. The van der Waals surface area contributed by atoms with Gasteiger partial charge in [0.2, 0.25) is 5.91 Å². The van der Waals surface area contributed by atoms with Crippen LogP contribution in [-0.2, 0) is 4.74 Å². The molecule has 9 nitrogen and oxygen atoms in total. The summed E-state index contributed by atoms with van der Waals surface area (Å²) in [5, 5.41) is 7.85. The fourth-order valence-corrected chi connectivity index (χ4v) is 3.04. The first kappa shape index (κ1) is 21.1. The zero-order chi connectivity index (χ0) is 21.7. The van der Waals surface area contributed by atoms with E-state index in [1.807, 2.05) is 38.1 Å². The lowest BCUT2D eigenvalue weighted by atomic mass is 10.1. The van der Waals surface area contributed by atoms with Gasteiger partial charge < -0.3 is 20.7 Å². The third-order valence-corrected chi connectivity index (χ3v) is 4.61. The van der Waals surface area contributed by atoms with Crippen molar-refractivity contribution < 1.29 is 14.3 Å². The van der Waals surface area contributed by atoms with Gasteiger partial charge in [-0.15, -0.1) is 5.10 Å². The molecule has 0 atom stereocenters. The fraction of sp³-hybridized carbons (Fsp3) is 0.333. The van der Waals surface area contributed by atoms with Crippen LogP contribution >= 0.6 is 0 Å². The van der Waals surface area contributed by atoms with Gasteiger partial charge in [-0.2, -0.15) is 0 Å². The van der Waals surface area contributed by atoms with E-state index in [1.165, 1.54) is 0 Å². The Labute approximate surface area is 174 Å². The average molecular weight is 410 g/mol. The number of nitrogens with one attached hydrogen (secondary N) is 1. The molecule has 9 heteroatoms. The van der Waals surface area contributed by atoms with E-state index in [4.69, 9.17) is 10.5 Å². The molecule has 158 valence electrons. The maximum Gasteiger partial charge on any atom is 0.410 e. The summed E-state index contributed by atoms with van der Waals surface area (Å²) in [5.41, 5.74) is 8.11. The van der Waals surface area contributed by atoms with Crippen LogP contribution in [0.25, 0.3) is 16.9 Å². The van der Waals surface area contributed by atoms with Crippen molar-refractivity contribution in [1.82, 2.24) is 19.5 Å². The Hall–Kier alpha value is -3.62. The topological polar surface area (TPSA) is 115 Å². The van der Waals surface area contributed by atoms with E-state index in [0.717, 1.165) is 11.3 Å². The molecule has 2 heterocycles. The molecule has 3 N–H and O–H groups in total. The van der Waals surface area contributed by atoms with E-state index in [1.54, 1.807) is 34.7 Å². The molecule has 0 bridgehead atoms. The normalized spacial score (nSPS) is 10.9. The molecule has 3 rings (SSSR count). The van der Waals surface area contributed by atoms with Gasteiger partial charge >= 0.3 is 6.09 Å². The van der Waals surface area contributed by atoms with Gasteiger partial charge in [-0.1, -0.05) is 12.1 Å². The SMILES string of the molecule is CCOC(=O)N(CCNc1ccc2ncc(-c3ccc(C(N)=O)cc3)n2n1)C(C)C. The Morgan fingerprint density at radius 3 is 2.57 bits per heavy atom. The summed E-state index contributed by atoms with van der Waals surface area (Å²) in [7, 11) is 0. The van der Waals surface area contributed by atoms with Gasteiger partial charge in [0.05, 0.1) is 18.5 Å². The Kier molecular flexibility index (Phi) is 6.51. The summed E-state index contributed by atoms with van der Waals surface area (Å²) >= 11 is 0. The third-order valence-electron chi connectivity index (χ3n) is 4.61. The second-order valence-corrected chi connectivity index (χ2v) is 6.99. The van der Waals surface area contributed by atoms with Crippen LogP contribution in [0.1, 0.15) is 31.1 Å². The highest BCUT2D eigenvalue weighted by molar-refractivity contribution is 5.93. The monoisotopic (exact) mass is 410 g/mol. The number of ether oxygens (including phenoxy) is 1. The van der Waals surface area contributed by atoms with Crippen molar-refractivity contribution in [2.45, 2.75) is 26.8 Å². The largest absolute Gasteiger partial charge is 0.450 e. The number of amides is 2. The number of hydrogen-bond acceptors (Lipinski definition) is 6. The van der Waals surface area contributed by atoms with Crippen LogP contribution in [0.2, 0.25) is 0 Å². The van der Waals surface area contributed by atoms with E-state index in [9.17, 15) is 9.59 Å². The number of nitrogens with zero attached hydrogens (tertiary/aromatic N) is 4. The van der Waals surface area contributed by atoms with E-state index < -0.39 is 5.91 Å². The van der Waals surface area contributed by atoms with E-state index in [-0.39, 0.29) is 12.1 Å². The van der Waals surface area contributed by atoms with Crippen LogP contribution in [0.3, 0.4) is 0 Å². The molecule has 0 radical (unpaired) electrons. The summed E-state index contributed by atoms with van der Waals surface area (Å²) in [6, 6.07) is 10.7. The van der Waals surface area contributed by atoms with E-state index >= 15 is 0 Å². The molecule has 0 unspecified atom stereocenters. The first-order chi connectivity index (χ1) is 14.4.